The van der Waals surface area contributed by atoms with Gasteiger partial charge in [0.25, 0.3) is 5.56 Å². The van der Waals surface area contributed by atoms with Gasteiger partial charge in [-0.3, -0.25) is 14.3 Å². The van der Waals surface area contributed by atoms with Crippen LogP contribution in [0.15, 0.2) is 33.9 Å². The van der Waals surface area contributed by atoms with Crippen LogP contribution in [0.4, 0.5) is 4.39 Å². The second-order valence-corrected chi connectivity index (χ2v) is 5.34. The summed E-state index contributed by atoms with van der Waals surface area (Å²) in [6, 6.07) is 5.87. The summed E-state index contributed by atoms with van der Waals surface area (Å²) in [5.74, 6) is -0.194. The summed E-state index contributed by atoms with van der Waals surface area (Å²) < 4.78 is 14.9. The van der Waals surface area contributed by atoms with Gasteiger partial charge in [-0.05, 0) is 24.8 Å². The zero-order chi connectivity index (χ0) is 14.3. The summed E-state index contributed by atoms with van der Waals surface area (Å²) in [4.78, 5) is 26.7. The van der Waals surface area contributed by atoms with Crippen molar-refractivity contribution in [1.29, 1.82) is 0 Å². The van der Waals surface area contributed by atoms with Crippen LogP contribution in [-0.2, 0) is 6.54 Å². The van der Waals surface area contributed by atoms with E-state index < -0.39 is 17.1 Å². The molecule has 0 amide bonds. The number of halogens is 2. The Balaban J connectivity index is 2.22. The van der Waals surface area contributed by atoms with Crippen molar-refractivity contribution in [3.63, 3.8) is 0 Å². The van der Waals surface area contributed by atoms with E-state index in [0.29, 0.717) is 12.5 Å². The first kappa shape index (κ1) is 13.1. The highest BCUT2D eigenvalue weighted by molar-refractivity contribution is 6.32. The molecule has 0 atom stereocenters. The second-order valence-electron chi connectivity index (χ2n) is 4.96. The number of hydrogen-bond donors (Lipinski definition) is 1. The van der Waals surface area contributed by atoms with Crippen molar-refractivity contribution in [3.05, 3.63) is 56.1 Å². The first-order chi connectivity index (χ1) is 9.58. The Morgan fingerprint density at radius 3 is 2.65 bits per heavy atom. The van der Waals surface area contributed by atoms with E-state index in [-0.39, 0.29) is 16.3 Å². The molecule has 1 aromatic carbocycles. The number of aromatic amines is 1. The van der Waals surface area contributed by atoms with Crippen molar-refractivity contribution < 1.29 is 4.39 Å². The smallest absolute Gasteiger partial charge is 0.297 e. The maximum atomic E-state index is 13.8. The minimum absolute atomic E-state index is 0.00465. The quantitative estimate of drug-likeness (QED) is 0.884. The fraction of sp³-hybridized carbons (Fsp3) is 0.286. The molecule has 1 fully saturated rings. The van der Waals surface area contributed by atoms with Crippen LogP contribution in [0, 0.1) is 11.7 Å². The van der Waals surface area contributed by atoms with Crippen LogP contribution in [0.5, 0.6) is 0 Å². The lowest BCUT2D eigenvalue weighted by atomic mass is 10.1. The van der Waals surface area contributed by atoms with E-state index >= 15 is 0 Å². The average molecular weight is 295 g/mol. The predicted octanol–water partition coefficient (Wildman–Crippen LogP) is 2.41. The van der Waals surface area contributed by atoms with Gasteiger partial charge in [-0.1, -0.05) is 29.8 Å². The maximum Gasteiger partial charge on any atom is 0.329 e. The van der Waals surface area contributed by atoms with Crippen LogP contribution in [0.3, 0.4) is 0 Å². The minimum Gasteiger partial charge on any atom is -0.297 e. The van der Waals surface area contributed by atoms with E-state index in [4.69, 9.17) is 11.6 Å². The van der Waals surface area contributed by atoms with Gasteiger partial charge in [0, 0.05) is 12.1 Å². The van der Waals surface area contributed by atoms with Gasteiger partial charge in [0.1, 0.15) is 11.0 Å². The molecule has 0 bridgehead atoms. The van der Waals surface area contributed by atoms with Crippen molar-refractivity contribution >= 4 is 11.6 Å². The molecule has 1 N–H and O–H groups in total. The van der Waals surface area contributed by atoms with Crippen molar-refractivity contribution in [2.24, 2.45) is 5.92 Å². The highest BCUT2D eigenvalue weighted by atomic mass is 35.5. The molecule has 1 saturated carbocycles. The monoisotopic (exact) mass is 294 g/mol. The molecule has 0 saturated heterocycles. The molecule has 2 aromatic rings. The molecule has 0 aliphatic heterocycles. The van der Waals surface area contributed by atoms with Gasteiger partial charge in [0.05, 0.1) is 5.56 Å². The number of benzene rings is 1. The SMILES string of the molecule is O=c1[nH]c(Cl)c(-c2ccccc2F)c(=O)n1CC1CC1. The Kier molecular flexibility index (Phi) is 3.22. The molecular weight excluding hydrogens is 283 g/mol. The third-order valence-corrected chi connectivity index (χ3v) is 3.70. The lowest BCUT2D eigenvalue weighted by molar-refractivity contribution is 0.575. The zero-order valence-electron chi connectivity index (χ0n) is 10.5. The van der Waals surface area contributed by atoms with Crippen molar-refractivity contribution in [1.82, 2.24) is 9.55 Å². The van der Waals surface area contributed by atoms with Crippen LogP contribution in [0.1, 0.15) is 12.8 Å². The Labute approximate surface area is 118 Å². The van der Waals surface area contributed by atoms with Crippen LogP contribution >= 0.6 is 11.6 Å². The number of nitrogens with zero attached hydrogens (tertiary/aromatic N) is 1. The van der Waals surface area contributed by atoms with E-state index in [1.54, 1.807) is 6.07 Å². The Bertz CT molecular complexity index is 777. The third-order valence-electron chi connectivity index (χ3n) is 3.42. The van der Waals surface area contributed by atoms with E-state index in [0.717, 1.165) is 17.4 Å². The van der Waals surface area contributed by atoms with E-state index in [2.05, 4.69) is 4.98 Å². The van der Waals surface area contributed by atoms with Gasteiger partial charge in [-0.15, -0.1) is 0 Å². The van der Waals surface area contributed by atoms with E-state index in [1.165, 1.54) is 18.2 Å². The molecule has 3 rings (SSSR count). The fourth-order valence-electron chi connectivity index (χ4n) is 2.17. The Hall–Kier alpha value is -1.88. The van der Waals surface area contributed by atoms with Crippen molar-refractivity contribution in [2.45, 2.75) is 19.4 Å². The van der Waals surface area contributed by atoms with Crippen LogP contribution in [0.25, 0.3) is 11.1 Å². The first-order valence-electron chi connectivity index (χ1n) is 6.35. The Morgan fingerprint density at radius 2 is 2.00 bits per heavy atom. The summed E-state index contributed by atoms with van der Waals surface area (Å²) in [6.45, 7) is 0.354. The highest BCUT2D eigenvalue weighted by Crippen LogP contribution is 2.30. The lowest BCUT2D eigenvalue weighted by Crippen LogP contribution is -2.36. The summed E-state index contributed by atoms with van der Waals surface area (Å²) in [5.41, 5.74) is -0.990. The van der Waals surface area contributed by atoms with Crippen LogP contribution in [-0.4, -0.2) is 9.55 Å². The van der Waals surface area contributed by atoms with Crippen molar-refractivity contribution in [3.8, 4) is 11.1 Å². The Morgan fingerprint density at radius 1 is 1.30 bits per heavy atom. The van der Waals surface area contributed by atoms with Gasteiger partial charge in [0.2, 0.25) is 0 Å². The lowest BCUT2D eigenvalue weighted by Gasteiger charge is -2.09. The van der Waals surface area contributed by atoms with Crippen molar-refractivity contribution in [2.75, 3.05) is 0 Å². The summed E-state index contributed by atoms with van der Waals surface area (Å²) in [7, 11) is 0. The van der Waals surface area contributed by atoms with Gasteiger partial charge >= 0.3 is 5.69 Å². The maximum absolute atomic E-state index is 13.8. The zero-order valence-corrected chi connectivity index (χ0v) is 11.3. The molecule has 20 heavy (non-hydrogen) atoms. The van der Waals surface area contributed by atoms with Gasteiger partial charge in [-0.2, -0.15) is 0 Å². The number of hydrogen-bond acceptors (Lipinski definition) is 2. The number of nitrogens with one attached hydrogen (secondary N) is 1. The molecule has 0 unspecified atom stereocenters. The van der Waals surface area contributed by atoms with Gasteiger partial charge < -0.3 is 0 Å². The molecule has 6 heteroatoms. The first-order valence-corrected chi connectivity index (χ1v) is 6.73. The summed E-state index contributed by atoms with van der Waals surface area (Å²) >= 11 is 5.93. The summed E-state index contributed by atoms with van der Waals surface area (Å²) in [6.07, 6.45) is 2.01. The topological polar surface area (TPSA) is 54.9 Å². The normalized spacial score (nSPS) is 14.5. The van der Waals surface area contributed by atoms with E-state index in [1.807, 2.05) is 0 Å². The van der Waals surface area contributed by atoms with E-state index in [9.17, 15) is 14.0 Å². The fourth-order valence-corrected chi connectivity index (χ4v) is 2.43. The highest BCUT2D eigenvalue weighted by Gasteiger charge is 2.25. The largest absolute Gasteiger partial charge is 0.329 e. The third kappa shape index (κ3) is 2.29. The van der Waals surface area contributed by atoms with Gasteiger partial charge in [-0.25, -0.2) is 9.18 Å². The summed E-state index contributed by atoms with van der Waals surface area (Å²) in [5, 5.41) is -0.128. The standard InChI is InChI=1S/C14H12ClFN2O2/c15-12-11(9-3-1-2-4-10(9)16)13(19)18(14(20)17-12)7-8-5-6-8/h1-4,8H,5-7H2,(H,17,20). The van der Waals surface area contributed by atoms with Gasteiger partial charge in [0.15, 0.2) is 0 Å². The molecule has 0 spiro atoms. The number of rotatable bonds is 3. The average Bonchev–Trinajstić information content (AvgIpc) is 3.20. The number of H-pyrrole nitrogens is 1. The molecule has 1 heterocycles. The molecule has 104 valence electrons. The second kappa shape index (κ2) is 4.90. The van der Waals surface area contributed by atoms with Crippen LogP contribution < -0.4 is 11.2 Å². The predicted molar refractivity (Wildman–Crippen MR) is 74.5 cm³/mol. The molecule has 0 radical (unpaired) electrons. The molecular formula is C14H12ClFN2O2. The molecule has 1 aliphatic carbocycles. The molecule has 1 aromatic heterocycles. The molecule has 1 aliphatic rings. The number of aromatic nitrogens is 2. The minimum atomic E-state index is -0.549. The molecule has 4 nitrogen and oxygen atoms in total. The van der Waals surface area contributed by atoms with Crippen LogP contribution in [0.2, 0.25) is 5.15 Å².